The molecule has 0 aliphatic carbocycles. The summed E-state index contributed by atoms with van der Waals surface area (Å²) >= 11 is 0. The Labute approximate surface area is 185 Å². The van der Waals surface area contributed by atoms with Gasteiger partial charge in [0.1, 0.15) is 16.4 Å². The first-order valence-corrected chi connectivity index (χ1v) is 11.6. The van der Waals surface area contributed by atoms with Gasteiger partial charge in [-0.1, -0.05) is 19.1 Å². The van der Waals surface area contributed by atoms with Crippen LogP contribution in [0.2, 0.25) is 0 Å². The van der Waals surface area contributed by atoms with Gasteiger partial charge in [0.05, 0.1) is 7.11 Å². The summed E-state index contributed by atoms with van der Waals surface area (Å²) in [4.78, 5) is 14.6. The van der Waals surface area contributed by atoms with Gasteiger partial charge in [-0.15, -0.1) is 0 Å². The van der Waals surface area contributed by atoms with Crippen molar-refractivity contribution in [3.05, 3.63) is 54.1 Å². The van der Waals surface area contributed by atoms with Gasteiger partial charge in [0, 0.05) is 18.1 Å². The van der Waals surface area contributed by atoms with Crippen LogP contribution in [0, 0.1) is 0 Å². The van der Waals surface area contributed by atoms with E-state index in [1.54, 1.807) is 35.2 Å². The predicted molar refractivity (Wildman–Crippen MR) is 121 cm³/mol. The van der Waals surface area contributed by atoms with Gasteiger partial charge in [-0.05, 0) is 76.1 Å². The van der Waals surface area contributed by atoms with Crippen molar-refractivity contribution in [2.45, 2.75) is 64.1 Å². The van der Waals surface area contributed by atoms with E-state index in [1.807, 2.05) is 40.7 Å². The smallest absolute Gasteiger partial charge is 0.339 e. The van der Waals surface area contributed by atoms with Gasteiger partial charge in [-0.2, -0.15) is 8.42 Å². The number of rotatable bonds is 8. The molecule has 0 unspecified atom stereocenters. The van der Waals surface area contributed by atoms with Crippen molar-refractivity contribution in [1.29, 1.82) is 0 Å². The third-order valence-corrected chi connectivity index (χ3v) is 5.93. The second kappa shape index (κ2) is 10.0. The van der Waals surface area contributed by atoms with Gasteiger partial charge in [-0.25, -0.2) is 4.79 Å². The fourth-order valence-electron chi connectivity index (χ4n) is 2.85. The Morgan fingerprint density at radius 2 is 1.74 bits per heavy atom. The normalized spacial score (nSPS) is 12.7. The third-order valence-electron chi connectivity index (χ3n) is 4.67. The highest BCUT2D eigenvalue weighted by Crippen LogP contribution is 2.23. The van der Waals surface area contributed by atoms with Gasteiger partial charge in [0.25, 0.3) is 0 Å². The Balaban J connectivity index is 2.21. The number of methoxy groups -OCH3 is 1. The number of hydrogen-bond donors (Lipinski definition) is 1. The highest BCUT2D eigenvalue weighted by molar-refractivity contribution is 7.87. The Hall–Kier alpha value is -2.74. The summed E-state index contributed by atoms with van der Waals surface area (Å²) in [6.07, 6.45) is 0.791. The van der Waals surface area contributed by atoms with E-state index < -0.39 is 10.1 Å². The van der Waals surface area contributed by atoms with Crippen LogP contribution in [-0.4, -0.2) is 38.0 Å². The van der Waals surface area contributed by atoms with Crippen LogP contribution in [0.5, 0.6) is 11.5 Å². The Kier molecular flexibility index (Phi) is 7.95. The van der Waals surface area contributed by atoms with Crippen molar-refractivity contribution in [3.8, 4) is 11.5 Å². The van der Waals surface area contributed by atoms with Gasteiger partial charge in [0.2, 0.25) is 0 Å². The lowest BCUT2D eigenvalue weighted by atomic mass is 10.1. The molecule has 1 atom stereocenters. The van der Waals surface area contributed by atoms with Gasteiger partial charge in [0.15, 0.2) is 0 Å². The molecular formula is C23H32N2O5S. The number of urea groups is 1. The number of ether oxygens (including phenoxy) is 1. The summed E-state index contributed by atoms with van der Waals surface area (Å²) in [6, 6.07) is 12.6. The van der Waals surface area contributed by atoms with Crippen LogP contribution < -0.4 is 14.2 Å². The van der Waals surface area contributed by atoms with Crippen LogP contribution in [-0.2, 0) is 16.7 Å². The van der Waals surface area contributed by atoms with Crippen LogP contribution in [0.15, 0.2) is 53.4 Å². The number of amides is 2. The highest BCUT2D eigenvalue weighted by Gasteiger charge is 2.24. The monoisotopic (exact) mass is 448 g/mol. The maximum absolute atomic E-state index is 12.8. The number of carbonyl (C=O) groups excluding carboxylic acids is 1. The minimum absolute atomic E-state index is 0.00922. The van der Waals surface area contributed by atoms with E-state index in [1.165, 1.54) is 19.2 Å². The van der Waals surface area contributed by atoms with Crippen LogP contribution in [0.3, 0.4) is 0 Å². The second-order valence-electron chi connectivity index (χ2n) is 8.43. The zero-order valence-corrected chi connectivity index (χ0v) is 19.8. The maximum atomic E-state index is 12.8. The first kappa shape index (κ1) is 24.5. The minimum Gasteiger partial charge on any atom is -0.497 e. The van der Waals surface area contributed by atoms with Crippen LogP contribution >= 0.6 is 0 Å². The zero-order chi connectivity index (χ0) is 23.2. The summed E-state index contributed by atoms with van der Waals surface area (Å²) in [6.45, 7) is 10.1. The molecule has 170 valence electrons. The van der Waals surface area contributed by atoms with Gasteiger partial charge in [-0.3, -0.25) is 0 Å². The molecule has 2 aromatic rings. The van der Waals surface area contributed by atoms with Crippen molar-refractivity contribution in [3.63, 3.8) is 0 Å². The summed E-state index contributed by atoms with van der Waals surface area (Å²) in [5, 5.41) is 2.99. The Morgan fingerprint density at radius 3 is 2.29 bits per heavy atom. The van der Waals surface area contributed by atoms with E-state index in [4.69, 9.17) is 8.92 Å². The van der Waals surface area contributed by atoms with Crippen molar-refractivity contribution in [2.75, 3.05) is 7.11 Å². The molecule has 7 nitrogen and oxygen atoms in total. The van der Waals surface area contributed by atoms with E-state index in [0.29, 0.717) is 12.3 Å². The Morgan fingerprint density at radius 1 is 1.10 bits per heavy atom. The topological polar surface area (TPSA) is 84.9 Å². The average Bonchev–Trinajstić information content (AvgIpc) is 2.70. The summed E-state index contributed by atoms with van der Waals surface area (Å²) < 4.78 is 35.6. The lowest BCUT2D eigenvalue weighted by Crippen LogP contribution is -2.50. The molecule has 0 fully saturated rings. The lowest BCUT2D eigenvalue weighted by Gasteiger charge is -2.32. The van der Waals surface area contributed by atoms with Crippen molar-refractivity contribution in [2.24, 2.45) is 0 Å². The molecule has 0 spiro atoms. The van der Waals surface area contributed by atoms with Crippen molar-refractivity contribution < 1.29 is 22.1 Å². The number of carbonyl (C=O) groups is 1. The predicted octanol–water partition coefficient (Wildman–Crippen LogP) is 4.57. The molecule has 8 heteroatoms. The van der Waals surface area contributed by atoms with Gasteiger partial charge >= 0.3 is 16.1 Å². The first-order valence-electron chi connectivity index (χ1n) is 10.2. The molecule has 0 radical (unpaired) electrons. The largest absolute Gasteiger partial charge is 0.497 e. The fraction of sp³-hybridized carbons (Fsp3) is 0.435. The first-order chi connectivity index (χ1) is 14.4. The molecule has 0 aliphatic heterocycles. The maximum Gasteiger partial charge on any atom is 0.339 e. The van der Waals surface area contributed by atoms with E-state index in [0.717, 1.165) is 12.0 Å². The van der Waals surface area contributed by atoms with E-state index in [-0.39, 0.29) is 28.3 Å². The van der Waals surface area contributed by atoms with Crippen molar-refractivity contribution in [1.82, 2.24) is 10.2 Å². The molecule has 0 bridgehead atoms. The molecule has 0 saturated carbocycles. The van der Waals surface area contributed by atoms with E-state index in [9.17, 15) is 13.2 Å². The standard InChI is InChI=1S/C23H32N2O5S/c1-7-17(2)25(22(26)24-23(3,4)5)16-18-9-8-10-20(15-18)30-31(27,28)21-13-11-19(29-6)12-14-21/h8-15,17H,7,16H2,1-6H3,(H,24,26)/t17-/m0/s1. The Bertz CT molecular complexity index is 982. The van der Waals surface area contributed by atoms with Gasteiger partial charge < -0.3 is 19.1 Å². The van der Waals surface area contributed by atoms with Crippen LogP contribution in [0.1, 0.15) is 46.6 Å². The summed E-state index contributed by atoms with van der Waals surface area (Å²) in [5.74, 6) is 0.744. The summed E-state index contributed by atoms with van der Waals surface area (Å²) in [7, 11) is -2.48. The third kappa shape index (κ3) is 7.17. The molecule has 2 rings (SSSR count). The molecule has 2 amide bonds. The zero-order valence-electron chi connectivity index (χ0n) is 19.0. The molecule has 31 heavy (non-hydrogen) atoms. The molecule has 0 saturated heterocycles. The fourth-order valence-corrected chi connectivity index (χ4v) is 3.77. The lowest BCUT2D eigenvalue weighted by molar-refractivity contribution is 0.165. The van der Waals surface area contributed by atoms with E-state index in [2.05, 4.69) is 5.32 Å². The van der Waals surface area contributed by atoms with Crippen LogP contribution in [0.4, 0.5) is 4.79 Å². The molecule has 0 aromatic heterocycles. The van der Waals surface area contributed by atoms with E-state index >= 15 is 0 Å². The molecule has 2 aromatic carbocycles. The van der Waals surface area contributed by atoms with Crippen LogP contribution in [0.25, 0.3) is 0 Å². The molecule has 0 heterocycles. The van der Waals surface area contributed by atoms with Crippen molar-refractivity contribution >= 4 is 16.1 Å². The highest BCUT2D eigenvalue weighted by atomic mass is 32.2. The molecule has 0 aliphatic rings. The average molecular weight is 449 g/mol. The molecular weight excluding hydrogens is 416 g/mol. The SMILES string of the molecule is CC[C@H](C)N(Cc1cccc(OS(=O)(=O)c2ccc(OC)cc2)c1)C(=O)NC(C)(C)C. The quantitative estimate of drug-likeness (QED) is 0.598. The second-order valence-corrected chi connectivity index (χ2v) is 9.97. The minimum atomic E-state index is -3.99. The summed E-state index contributed by atoms with van der Waals surface area (Å²) in [5.41, 5.74) is 0.409. The number of benzene rings is 2. The number of hydrogen-bond acceptors (Lipinski definition) is 5. The number of nitrogens with zero attached hydrogens (tertiary/aromatic N) is 1. The number of nitrogens with one attached hydrogen (secondary N) is 1. The molecule has 1 N–H and O–H groups in total.